The van der Waals surface area contributed by atoms with E-state index in [2.05, 4.69) is 21.2 Å². The van der Waals surface area contributed by atoms with Crippen molar-refractivity contribution in [2.75, 3.05) is 6.54 Å². The van der Waals surface area contributed by atoms with E-state index in [1.807, 2.05) is 0 Å². The number of nitrogens with one attached hydrogen (secondary N) is 1. The van der Waals surface area contributed by atoms with Crippen molar-refractivity contribution in [1.29, 1.82) is 0 Å². The van der Waals surface area contributed by atoms with Crippen LogP contribution >= 0.6 is 15.9 Å². The van der Waals surface area contributed by atoms with Crippen molar-refractivity contribution in [2.45, 2.75) is 13.3 Å². The van der Waals surface area contributed by atoms with Crippen molar-refractivity contribution in [3.05, 3.63) is 22.6 Å². The molecule has 1 aromatic rings. The smallest absolute Gasteiger partial charge is 0.287 e. The van der Waals surface area contributed by atoms with Crippen molar-refractivity contribution in [3.8, 4) is 0 Å². The number of Topliss-reactive ketones (excluding diaryl/α,β-unsaturated/α-hetero) is 1. The number of furan rings is 1. The Bertz CT molecular complexity index is 346. The SMILES string of the molecule is CC(=O)CCNC(=O)c1ccc(Br)o1. The van der Waals surface area contributed by atoms with E-state index in [1.165, 1.54) is 6.92 Å². The lowest BCUT2D eigenvalue weighted by molar-refractivity contribution is -0.116. The van der Waals surface area contributed by atoms with E-state index < -0.39 is 0 Å². The summed E-state index contributed by atoms with van der Waals surface area (Å²) < 4.78 is 5.53. The van der Waals surface area contributed by atoms with Crippen LogP contribution in [0.3, 0.4) is 0 Å². The summed E-state index contributed by atoms with van der Waals surface area (Å²) in [5, 5.41) is 2.57. The fourth-order valence-electron chi connectivity index (χ4n) is 0.876. The maximum absolute atomic E-state index is 11.3. The van der Waals surface area contributed by atoms with Gasteiger partial charge in [0.25, 0.3) is 5.91 Å². The van der Waals surface area contributed by atoms with Gasteiger partial charge in [-0.2, -0.15) is 0 Å². The molecule has 1 N–H and O–H groups in total. The van der Waals surface area contributed by atoms with Gasteiger partial charge in [0.2, 0.25) is 0 Å². The normalized spacial score (nSPS) is 9.86. The number of amides is 1. The topological polar surface area (TPSA) is 59.3 Å². The third kappa shape index (κ3) is 3.33. The van der Waals surface area contributed by atoms with E-state index in [1.54, 1.807) is 12.1 Å². The van der Waals surface area contributed by atoms with Crippen LogP contribution in [-0.2, 0) is 4.79 Å². The van der Waals surface area contributed by atoms with Crippen molar-refractivity contribution in [1.82, 2.24) is 5.32 Å². The third-order valence-electron chi connectivity index (χ3n) is 1.56. The Balaban J connectivity index is 2.39. The van der Waals surface area contributed by atoms with Crippen molar-refractivity contribution in [3.63, 3.8) is 0 Å². The Morgan fingerprint density at radius 2 is 2.21 bits per heavy atom. The second kappa shape index (κ2) is 4.95. The molecule has 1 aromatic heterocycles. The van der Waals surface area contributed by atoms with Crippen LogP contribution in [0.15, 0.2) is 21.2 Å². The zero-order chi connectivity index (χ0) is 10.6. The second-order valence-electron chi connectivity index (χ2n) is 2.81. The maximum atomic E-state index is 11.3. The molecule has 1 amide bonds. The lowest BCUT2D eigenvalue weighted by Crippen LogP contribution is -2.25. The van der Waals surface area contributed by atoms with Crippen LogP contribution in [0.2, 0.25) is 0 Å². The van der Waals surface area contributed by atoms with Gasteiger partial charge in [0, 0.05) is 13.0 Å². The molecular formula is C9H10BrNO3. The number of rotatable bonds is 4. The van der Waals surface area contributed by atoms with Crippen LogP contribution in [0.25, 0.3) is 0 Å². The molecule has 1 rings (SSSR count). The number of ketones is 1. The molecule has 1 heterocycles. The summed E-state index contributed by atoms with van der Waals surface area (Å²) in [5.74, 6) is -0.0247. The third-order valence-corrected chi connectivity index (χ3v) is 1.99. The minimum Gasteiger partial charge on any atom is -0.444 e. The monoisotopic (exact) mass is 259 g/mol. The van der Waals surface area contributed by atoms with Crippen LogP contribution < -0.4 is 5.32 Å². The molecular weight excluding hydrogens is 250 g/mol. The first-order chi connectivity index (χ1) is 6.59. The molecule has 0 radical (unpaired) electrons. The quantitative estimate of drug-likeness (QED) is 0.897. The molecule has 0 atom stereocenters. The average Bonchev–Trinajstić information content (AvgIpc) is 2.51. The van der Waals surface area contributed by atoms with Crippen LogP contribution in [0.5, 0.6) is 0 Å². The summed E-state index contributed by atoms with van der Waals surface area (Å²) in [6.45, 7) is 1.82. The van der Waals surface area contributed by atoms with Gasteiger partial charge in [-0.05, 0) is 35.0 Å². The van der Waals surface area contributed by atoms with Gasteiger partial charge < -0.3 is 9.73 Å². The Morgan fingerprint density at radius 1 is 1.50 bits per heavy atom. The molecule has 0 saturated heterocycles. The first-order valence-electron chi connectivity index (χ1n) is 4.12. The summed E-state index contributed by atoms with van der Waals surface area (Å²) in [6, 6.07) is 3.20. The zero-order valence-corrected chi connectivity index (χ0v) is 9.26. The number of carbonyl (C=O) groups is 2. The molecule has 0 saturated carbocycles. The first kappa shape index (κ1) is 11.0. The van der Waals surface area contributed by atoms with E-state index in [9.17, 15) is 9.59 Å². The fourth-order valence-corrected chi connectivity index (χ4v) is 1.18. The molecule has 14 heavy (non-hydrogen) atoms. The van der Waals surface area contributed by atoms with E-state index in [0.29, 0.717) is 17.6 Å². The average molecular weight is 260 g/mol. The molecule has 0 spiro atoms. The van der Waals surface area contributed by atoms with Crippen molar-refractivity contribution in [2.24, 2.45) is 0 Å². The zero-order valence-electron chi connectivity index (χ0n) is 7.67. The summed E-state index contributed by atoms with van der Waals surface area (Å²) in [5.41, 5.74) is 0. The molecule has 0 bridgehead atoms. The lowest BCUT2D eigenvalue weighted by Gasteiger charge is -1.99. The first-order valence-corrected chi connectivity index (χ1v) is 4.92. The highest BCUT2D eigenvalue weighted by atomic mass is 79.9. The number of carbonyl (C=O) groups excluding carboxylic acids is 2. The number of halogens is 1. The number of hydrogen-bond acceptors (Lipinski definition) is 3. The molecule has 0 aliphatic rings. The minimum absolute atomic E-state index is 0.0472. The predicted molar refractivity (Wildman–Crippen MR) is 54.0 cm³/mol. The largest absolute Gasteiger partial charge is 0.444 e. The van der Waals surface area contributed by atoms with Crippen LogP contribution in [-0.4, -0.2) is 18.2 Å². The van der Waals surface area contributed by atoms with Crippen molar-refractivity contribution >= 4 is 27.6 Å². The highest BCUT2D eigenvalue weighted by Crippen LogP contribution is 2.13. The number of hydrogen-bond donors (Lipinski definition) is 1. The Kier molecular flexibility index (Phi) is 3.88. The standard InChI is InChI=1S/C9H10BrNO3/c1-6(12)4-5-11-9(13)7-2-3-8(10)14-7/h2-3H,4-5H2,1H3,(H,11,13). The summed E-state index contributed by atoms with van der Waals surface area (Å²) in [7, 11) is 0. The van der Waals surface area contributed by atoms with Gasteiger partial charge in [0.1, 0.15) is 5.78 Å². The molecule has 4 nitrogen and oxygen atoms in total. The highest BCUT2D eigenvalue weighted by molar-refractivity contribution is 9.10. The van der Waals surface area contributed by atoms with E-state index in [0.717, 1.165) is 0 Å². The second-order valence-corrected chi connectivity index (χ2v) is 3.59. The van der Waals surface area contributed by atoms with E-state index in [-0.39, 0.29) is 17.5 Å². The summed E-state index contributed by atoms with van der Waals surface area (Å²) in [6.07, 6.45) is 0.341. The molecule has 0 aromatic carbocycles. The van der Waals surface area contributed by atoms with Gasteiger partial charge in [-0.15, -0.1) is 0 Å². The Labute approximate surface area is 89.8 Å². The Hall–Kier alpha value is -1.10. The van der Waals surface area contributed by atoms with E-state index in [4.69, 9.17) is 4.42 Å². The van der Waals surface area contributed by atoms with Crippen LogP contribution in [0, 0.1) is 0 Å². The molecule has 0 aliphatic carbocycles. The van der Waals surface area contributed by atoms with Crippen molar-refractivity contribution < 1.29 is 14.0 Å². The molecule has 76 valence electrons. The molecule has 0 aliphatic heterocycles. The maximum Gasteiger partial charge on any atom is 0.287 e. The molecule has 5 heteroatoms. The Morgan fingerprint density at radius 3 is 2.71 bits per heavy atom. The van der Waals surface area contributed by atoms with Crippen LogP contribution in [0.4, 0.5) is 0 Å². The van der Waals surface area contributed by atoms with E-state index >= 15 is 0 Å². The van der Waals surface area contributed by atoms with Gasteiger partial charge in [-0.3, -0.25) is 9.59 Å². The van der Waals surface area contributed by atoms with Gasteiger partial charge >= 0.3 is 0 Å². The predicted octanol–water partition coefficient (Wildman–Crippen LogP) is 1.75. The molecule has 0 unspecified atom stereocenters. The summed E-state index contributed by atoms with van der Waals surface area (Å²) >= 11 is 3.09. The van der Waals surface area contributed by atoms with Gasteiger partial charge in [0.15, 0.2) is 10.4 Å². The van der Waals surface area contributed by atoms with Gasteiger partial charge in [0.05, 0.1) is 0 Å². The van der Waals surface area contributed by atoms with Crippen LogP contribution in [0.1, 0.15) is 23.9 Å². The fraction of sp³-hybridized carbons (Fsp3) is 0.333. The minimum atomic E-state index is -0.308. The highest BCUT2D eigenvalue weighted by Gasteiger charge is 2.09. The molecule has 0 fully saturated rings. The van der Waals surface area contributed by atoms with Gasteiger partial charge in [-0.1, -0.05) is 0 Å². The lowest BCUT2D eigenvalue weighted by atomic mass is 10.3. The summed E-state index contributed by atoms with van der Waals surface area (Å²) in [4.78, 5) is 21.9. The van der Waals surface area contributed by atoms with Gasteiger partial charge in [-0.25, -0.2) is 0 Å².